The van der Waals surface area contributed by atoms with Gasteiger partial charge in [0.05, 0.1) is 0 Å². The van der Waals surface area contributed by atoms with Crippen LogP contribution in [-0.4, -0.2) is 4.57 Å². The minimum absolute atomic E-state index is 1.12. The fraction of sp³-hybridized carbons (Fsp3) is 0.385. The van der Waals surface area contributed by atoms with Crippen molar-refractivity contribution < 1.29 is 0 Å². The third-order valence-electron chi connectivity index (χ3n) is 2.72. The zero-order valence-corrected chi connectivity index (χ0v) is 8.96. The fourth-order valence-corrected chi connectivity index (χ4v) is 2.03. The van der Waals surface area contributed by atoms with Crippen molar-refractivity contribution >= 4 is 10.9 Å². The van der Waals surface area contributed by atoms with E-state index in [2.05, 4.69) is 48.9 Å². The molecule has 2 rings (SSSR count). The number of aromatic nitrogens is 1. The largest absolute Gasteiger partial charge is 0.347 e. The lowest BCUT2D eigenvalue weighted by atomic mass is 10.1. The van der Waals surface area contributed by atoms with Crippen LogP contribution in [0.25, 0.3) is 10.9 Å². The minimum Gasteiger partial charge on any atom is -0.347 e. The number of nitrogens with zero attached hydrogens (tertiary/aromatic N) is 1. The van der Waals surface area contributed by atoms with E-state index in [1.54, 1.807) is 0 Å². The first-order valence-corrected chi connectivity index (χ1v) is 5.43. The quantitative estimate of drug-likeness (QED) is 0.691. The van der Waals surface area contributed by atoms with Gasteiger partial charge in [-0.05, 0) is 24.5 Å². The van der Waals surface area contributed by atoms with E-state index < -0.39 is 0 Å². The number of hydrogen-bond donors (Lipinski definition) is 0. The van der Waals surface area contributed by atoms with Gasteiger partial charge in [0.25, 0.3) is 0 Å². The van der Waals surface area contributed by atoms with Crippen LogP contribution >= 0.6 is 0 Å². The molecule has 0 fully saturated rings. The molecule has 0 aliphatic rings. The first-order valence-electron chi connectivity index (χ1n) is 5.43. The lowest BCUT2D eigenvalue weighted by molar-refractivity contribution is 0.701. The summed E-state index contributed by atoms with van der Waals surface area (Å²) in [4.78, 5) is 0. The molecule has 1 heterocycles. The van der Waals surface area contributed by atoms with E-state index in [-0.39, 0.29) is 0 Å². The summed E-state index contributed by atoms with van der Waals surface area (Å²) in [6.45, 7) is 5.57. The minimum atomic E-state index is 1.12. The van der Waals surface area contributed by atoms with Crippen molar-refractivity contribution in [1.29, 1.82) is 0 Å². The number of aryl methyl sites for hydroxylation is 2. The van der Waals surface area contributed by atoms with Crippen molar-refractivity contribution in [2.75, 3.05) is 0 Å². The number of fused-ring (bicyclic) bond motifs is 1. The zero-order valence-electron chi connectivity index (χ0n) is 8.96. The molecule has 0 saturated heterocycles. The van der Waals surface area contributed by atoms with Crippen LogP contribution in [0.3, 0.4) is 0 Å². The number of rotatable bonds is 3. The van der Waals surface area contributed by atoms with Gasteiger partial charge in [0.15, 0.2) is 0 Å². The monoisotopic (exact) mass is 187 g/mol. The Morgan fingerprint density at radius 1 is 1.14 bits per heavy atom. The van der Waals surface area contributed by atoms with Crippen molar-refractivity contribution in [2.24, 2.45) is 0 Å². The van der Waals surface area contributed by atoms with Gasteiger partial charge in [-0.1, -0.05) is 32.0 Å². The molecule has 0 aliphatic heterocycles. The Labute approximate surface area is 85.4 Å². The summed E-state index contributed by atoms with van der Waals surface area (Å²) in [6, 6.07) is 8.68. The molecule has 1 aromatic carbocycles. The SMILES string of the molecule is CCCn1cc(CC)c2ccccc21. The zero-order chi connectivity index (χ0) is 9.97. The molecule has 2 aromatic rings. The van der Waals surface area contributed by atoms with Crippen molar-refractivity contribution in [2.45, 2.75) is 33.2 Å². The van der Waals surface area contributed by atoms with Crippen LogP contribution in [0.1, 0.15) is 25.8 Å². The molecule has 1 aromatic heterocycles. The second-order valence-corrected chi connectivity index (χ2v) is 3.72. The van der Waals surface area contributed by atoms with Gasteiger partial charge in [-0.15, -0.1) is 0 Å². The molecule has 0 bridgehead atoms. The first kappa shape index (κ1) is 9.32. The third kappa shape index (κ3) is 1.43. The molecule has 0 atom stereocenters. The molecule has 74 valence electrons. The first-order chi connectivity index (χ1) is 6.86. The number of benzene rings is 1. The van der Waals surface area contributed by atoms with Crippen LogP contribution in [0.15, 0.2) is 30.5 Å². The number of para-hydroxylation sites is 1. The Bertz CT molecular complexity index is 426. The summed E-state index contributed by atoms with van der Waals surface area (Å²) in [5.74, 6) is 0. The topological polar surface area (TPSA) is 4.93 Å². The van der Waals surface area contributed by atoms with Gasteiger partial charge >= 0.3 is 0 Å². The number of hydrogen-bond acceptors (Lipinski definition) is 0. The molecule has 0 aliphatic carbocycles. The molecule has 0 N–H and O–H groups in total. The second-order valence-electron chi connectivity index (χ2n) is 3.72. The average Bonchev–Trinajstić information content (AvgIpc) is 2.58. The van der Waals surface area contributed by atoms with Gasteiger partial charge in [-0.3, -0.25) is 0 Å². The Kier molecular flexibility index (Phi) is 2.58. The summed E-state index contributed by atoms with van der Waals surface area (Å²) in [5, 5.41) is 1.42. The molecule has 1 heteroatoms. The summed E-state index contributed by atoms with van der Waals surface area (Å²) in [7, 11) is 0. The lowest BCUT2D eigenvalue weighted by Crippen LogP contribution is -1.93. The highest BCUT2D eigenvalue weighted by Crippen LogP contribution is 2.21. The summed E-state index contributed by atoms with van der Waals surface area (Å²) in [6.07, 6.45) is 4.62. The molecule has 0 unspecified atom stereocenters. The van der Waals surface area contributed by atoms with E-state index in [4.69, 9.17) is 0 Å². The normalized spacial score (nSPS) is 11.0. The summed E-state index contributed by atoms with van der Waals surface area (Å²) in [5.41, 5.74) is 2.85. The predicted molar refractivity (Wildman–Crippen MR) is 61.6 cm³/mol. The maximum Gasteiger partial charge on any atom is 0.0483 e. The van der Waals surface area contributed by atoms with Crippen LogP contribution < -0.4 is 0 Å². The predicted octanol–water partition coefficient (Wildman–Crippen LogP) is 3.61. The van der Waals surface area contributed by atoms with Crippen LogP contribution in [0, 0.1) is 0 Å². The molecular formula is C13H17N. The fourth-order valence-electron chi connectivity index (χ4n) is 2.03. The van der Waals surface area contributed by atoms with E-state index in [1.165, 1.54) is 22.9 Å². The maximum atomic E-state index is 2.37. The van der Waals surface area contributed by atoms with E-state index in [0.717, 1.165) is 13.0 Å². The Balaban J connectivity index is 2.61. The molecular weight excluding hydrogens is 170 g/mol. The van der Waals surface area contributed by atoms with Crippen LogP contribution in [0.4, 0.5) is 0 Å². The smallest absolute Gasteiger partial charge is 0.0483 e. The third-order valence-corrected chi connectivity index (χ3v) is 2.72. The van der Waals surface area contributed by atoms with E-state index in [0.29, 0.717) is 0 Å². The molecule has 14 heavy (non-hydrogen) atoms. The van der Waals surface area contributed by atoms with Crippen molar-refractivity contribution in [3.05, 3.63) is 36.0 Å². The Morgan fingerprint density at radius 2 is 1.93 bits per heavy atom. The van der Waals surface area contributed by atoms with Crippen LogP contribution in [-0.2, 0) is 13.0 Å². The lowest BCUT2D eigenvalue weighted by Gasteiger charge is -2.01. The highest BCUT2D eigenvalue weighted by atomic mass is 14.9. The van der Waals surface area contributed by atoms with Gasteiger partial charge in [0, 0.05) is 23.6 Å². The Hall–Kier alpha value is -1.24. The molecule has 0 saturated carbocycles. The van der Waals surface area contributed by atoms with Crippen LogP contribution in [0.5, 0.6) is 0 Å². The summed E-state index contributed by atoms with van der Waals surface area (Å²) >= 11 is 0. The molecule has 1 nitrogen and oxygen atoms in total. The highest BCUT2D eigenvalue weighted by Gasteiger charge is 2.04. The van der Waals surface area contributed by atoms with E-state index in [9.17, 15) is 0 Å². The van der Waals surface area contributed by atoms with Gasteiger partial charge in [0.1, 0.15) is 0 Å². The van der Waals surface area contributed by atoms with Gasteiger partial charge in [0.2, 0.25) is 0 Å². The maximum absolute atomic E-state index is 2.37. The Morgan fingerprint density at radius 3 is 2.64 bits per heavy atom. The highest BCUT2D eigenvalue weighted by molar-refractivity contribution is 5.83. The van der Waals surface area contributed by atoms with Crippen molar-refractivity contribution in [3.63, 3.8) is 0 Å². The van der Waals surface area contributed by atoms with Gasteiger partial charge < -0.3 is 4.57 Å². The molecule has 0 spiro atoms. The van der Waals surface area contributed by atoms with Gasteiger partial charge in [-0.25, -0.2) is 0 Å². The molecule has 0 amide bonds. The van der Waals surface area contributed by atoms with E-state index >= 15 is 0 Å². The van der Waals surface area contributed by atoms with Crippen molar-refractivity contribution in [1.82, 2.24) is 4.57 Å². The molecule has 0 radical (unpaired) electrons. The van der Waals surface area contributed by atoms with E-state index in [1.807, 2.05) is 0 Å². The average molecular weight is 187 g/mol. The standard InChI is InChI=1S/C13H17N/c1-3-9-14-10-11(4-2)12-7-5-6-8-13(12)14/h5-8,10H,3-4,9H2,1-2H3. The second kappa shape index (κ2) is 3.87. The van der Waals surface area contributed by atoms with Gasteiger partial charge in [-0.2, -0.15) is 0 Å². The van der Waals surface area contributed by atoms with Crippen LogP contribution in [0.2, 0.25) is 0 Å². The summed E-state index contributed by atoms with van der Waals surface area (Å²) < 4.78 is 2.37. The van der Waals surface area contributed by atoms with Crippen molar-refractivity contribution in [3.8, 4) is 0 Å².